The van der Waals surface area contributed by atoms with Crippen LogP contribution in [0.1, 0.15) is 20.8 Å². The Balaban J connectivity index is 2.98. The molecule has 1 rings (SSSR count). The summed E-state index contributed by atoms with van der Waals surface area (Å²) < 4.78 is 9.50. The van der Waals surface area contributed by atoms with Gasteiger partial charge in [-0.1, -0.05) is 20.8 Å². The summed E-state index contributed by atoms with van der Waals surface area (Å²) in [5.41, 5.74) is 0. The molecule has 1 saturated heterocycles. The third-order valence-electron chi connectivity index (χ3n) is 3.64. The third-order valence-corrected chi connectivity index (χ3v) is 18.0. The van der Waals surface area contributed by atoms with Gasteiger partial charge in [-0.05, 0) is 38.8 Å². The SMILES string of the molecule is CCN1[Si](C)N[Si](C)N(CC)[Si]1(C)CC. The van der Waals surface area contributed by atoms with Crippen LogP contribution in [0, 0.1) is 0 Å². The fourth-order valence-electron chi connectivity index (χ4n) is 2.80. The van der Waals surface area contributed by atoms with Crippen molar-refractivity contribution in [1.82, 2.24) is 13.1 Å². The molecule has 1 aliphatic heterocycles. The highest BCUT2D eigenvalue weighted by Crippen LogP contribution is 2.25. The maximum Gasteiger partial charge on any atom is 0.210 e. The number of hydrogen-bond donors (Lipinski definition) is 1. The molecule has 1 heterocycles. The van der Waals surface area contributed by atoms with E-state index >= 15 is 0 Å². The van der Waals surface area contributed by atoms with Gasteiger partial charge in [-0.2, -0.15) is 0 Å². The third kappa shape index (κ3) is 2.29. The second-order valence-electron chi connectivity index (χ2n) is 4.35. The van der Waals surface area contributed by atoms with Crippen molar-refractivity contribution in [2.75, 3.05) is 13.1 Å². The molecule has 0 spiro atoms. The highest BCUT2D eigenvalue weighted by Gasteiger charge is 2.47. The molecule has 0 amide bonds. The molecule has 0 bridgehead atoms. The normalized spacial score (nSPS) is 26.0. The lowest BCUT2D eigenvalue weighted by Crippen LogP contribution is -2.80. The fourth-order valence-corrected chi connectivity index (χ4v) is 18.1. The molecule has 6 heteroatoms. The largest absolute Gasteiger partial charge is 0.336 e. The van der Waals surface area contributed by atoms with Crippen LogP contribution in [-0.2, 0) is 0 Å². The van der Waals surface area contributed by atoms with Crippen LogP contribution in [-0.4, -0.2) is 48.2 Å². The number of hydrogen-bond acceptors (Lipinski definition) is 3. The van der Waals surface area contributed by atoms with Gasteiger partial charge in [-0.25, -0.2) is 0 Å². The first kappa shape index (κ1) is 13.6. The smallest absolute Gasteiger partial charge is 0.210 e. The van der Waals surface area contributed by atoms with Gasteiger partial charge in [0.25, 0.3) is 0 Å². The summed E-state index contributed by atoms with van der Waals surface area (Å²) in [7, 11) is -2.19. The molecule has 3 nitrogen and oxygen atoms in total. The van der Waals surface area contributed by atoms with Crippen molar-refractivity contribution >= 4 is 26.6 Å². The zero-order chi connectivity index (χ0) is 11.6. The van der Waals surface area contributed by atoms with Crippen molar-refractivity contribution in [1.29, 1.82) is 0 Å². The Morgan fingerprint density at radius 2 is 1.40 bits per heavy atom. The molecule has 15 heavy (non-hydrogen) atoms. The van der Waals surface area contributed by atoms with E-state index in [4.69, 9.17) is 0 Å². The lowest BCUT2D eigenvalue weighted by molar-refractivity contribution is 0.511. The first-order valence-electron chi connectivity index (χ1n) is 6.00. The molecular formula is C9H25N3Si3. The predicted molar refractivity (Wildman–Crippen MR) is 73.2 cm³/mol. The lowest BCUT2D eigenvalue weighted by atomic mass is 10.8. The van der Waals surface area contributed by atoms with Gasteiger partial charge in [0.05, 0.1) is 0 Å². The van der Waals surface area contributed by atoms with Gasteiger partial charge in [-0.3, -0.25) is 0 Å². The minimum absolute atomic E-state index is 0.443. The summed E-state index contributed by atoms with van der Waals surface area (Å²) in [4.78, 5) is 0. The Morgan fingerprint density at radius 1 is 1.00 bits per heavy atom. The lowest BCUT2D eigenvalue weighted by Gasteiger charge is -2.55. The predicted octanol–water partition coefficient (Wildman–Crippen LogP) is 1.56. The monoisotopic (exact) mass is 259 g/mol. The molecule has 0 aromatic carbocycles. The molecule has 1 N–H and O–H groups in total. The molecule has 1 fully saturated rings. The summed E-state index contributed by atoms with van der Waals surface area (Å²) >= 11 is 0. The van der Waals surface area contributed by atoms with E-state index in [-0.39, 0.29) is 0 Å². The topological polar surface area (TPSA) is 18.5 Å². The van der Waals surface area contributed by atoms with E-state index < -0.39 is 26.6 Å². The Morgan fingerprint density at radius 3 is 1.67 bits per heavy atom. The molecular weight excluding hydrogens is 234 g/mol. The first-order valence-corrected chi connectivity index (χ1v) is 12.5. The van der Waals surface area contributed by atoms with Crippen LogP contribution in [0.4, 0.5) is 0 Å². The standard InChI is InChI=1S/C9H25N3Si3/c1-7-11-13(4)10-14(5)12(8-2)15(11,6)9-3/h10H,7-9H2,1-6H3. The molecule has 1 aliphatic rings. The zero-order valence-electron chi connectivity index (χ0n) is 11.0. The van der Waals surface area contributed by atoms with Crippen LogP contribution in [0.15, 0.2) is 0 Å². The van der Waals surface area contributed by atoms with Gasteiger partial charge in [-0.15, -0.1) is 0 Å². The second-order valence-corrected chi connectivity index (χ2v) is 13.9. The average molecular weight is 260 g/mol. The molecule has 88 valence electrons. The van der Waals surface area contributed by atoms with Gasteiger partial charge in [0.1, 0.15) is 0 Å². The highest BCUT2D eigenvalue weighted by molar-refractivity contribution is 6.93. The highest BCUT2D eigenvalue weighted by atomic mass is 28.5. The minimum atomic E-state index is -1.30. The quantitative estimate of drug-likeness (QED) is 0.776. The average Bonchev–Trinajstić information content (AvgIpc) is 2.18. The maximum atomic E-state index is 3.86. The Bertz CT molecular complexity index is 199. The van der Waals surface area contributed by atoms with Crippen LogP contribution in [0.5, 0.6) is 0 Å². The summed E-state index contributed by atoms with van der Waals surface area (Å²) in [5.74, 6) is 0. The van der Waals surface area contributed by atoms with Gasteiger partial charge in [0.2, 0.25) is 18.2 Å². The second kappa shape index (κ2) is 5.24. The van der Waals surface area contributed by atoms with Crippen LogP contribution in [0.2, 0.25) is 25.7 Å². The van der Waals surface area contributed by atoms with E-state index in [1.54, 1.807) is 0 Å². The van der Waals surface area contributed by atoms with Crippen LogP contribution < -0.4 is 4.65 Å². The van der Waals surface area contributed by atoms with Gasteiger partial charge < -0.3 is 13.1 Å². The van der Waals surface area contributed by atoms with Crippen molar-refractivity contribution in [3.8, 4) is 0 Å². The van der Waals surface area contributed by atoms with Gasteiger partial charge in [0, 0.05) is 0 Å². The molecule has 0 unspecified atom stereocenters. The molecule has 0 aliphatic carbocycles. The van der Waals surface area contributed by atoms with Crippen LogP contribution in [0.3, 0.4) is 0 Å². The summed E-state index contributed by atoms with van der Waals surface area (Å²) in [6.07, 6.45) is 0. The van der Waals surface area contributed by atoms with Crippen molar-refractivity contribution in [3.05, 3.63) is 0 Å². The van der Waals surface area contributed by atoms with Crippen LogP contribution in [0.25, 0.3) is 0 Å². The molecule has 0 saturated carbocycles. The van der Waals surface area contributed by atoms with Crippen molar-refractivity contribution in [3.63, 3.8) is 0 Å². The van der Waals surface area contributed by atoms with E-state index in [2.05, 4.69) is 53.5 Å². The Labute approximate surface area is 99.5 Å². The summed E-state index contributed by atoms with van der Waals surface area (Å²) in [6.45, 7) is 16.9. The van der Waals surface area contributed by atoms with Gasteiger partial charge in [0.15, 0.2) is 8.40 Å². The van der Waals surface area contributed by atoms with Crippen molar-refractivity contribution in [2.24, 2.45) is 0 Å². The maximum absolute atomic E-state index is 3.86. The van der Waals surface area contributed by atoms with Crippen LogP contribution >= 0.6 is 0 Å². The Hall–Kier alpha value is 0.531. The van der Waals surface area contributed by atoms with E-state index in [0.29, 0.717) is 0 Å². The minimum Gasteiger partial charge on any atom is -0.336 e. The molecule has 0 atom stereocenters. The van der Waals surface area contributed by atoms with Gasteiger partial charge >= 0.3 is 0 Å². The first-order chi connectivity index (χ1) is 7.01. The van der Waals surface area contributed by atoms with E-state index in [1.807, 2.05) is 0 Å². The number of nitrogens with one attached hydrogen (secondary N) is 1. The fraction of sp³-hybridized carbons (Fsp3) is 1.00. The molecule has 2 radical (unpaired) electrons. The molecule has 0 aromatic heterocycles. The van der Waals surface area contributed by atoms with Crippen molar-refractivity contribution in [2.45, 2.75) is 46.5 Å². The van der Waals surface area contributed by atoms with E-state index in [1.165, 1.54) is 19.1 Å². The number of rotatable bonds is 3. The Kier molecular flexibility index (Phi) is 4.75. The van der Waals surface area contributed by atoms with E-state index in [9.17, 15) is 0 Å². The van der Waals surface area contributed by atoms with E-state index in [0.717, 1.165) is 0 Å². The zero-order valence-corrected chi connectivity index (χ0v) is 14.0. The summed E-state index contributed by atoms with van der Waals surface area (Å²) in [5, 5.41) is 0. The summed E-state index contributed by atoms with van der Waals surface area (Å²) in [6, 6.07) is 1.36. The van der Waals surface area contributed by atoms with Crippen molar-refractivity contribution < 1.29 is 0 Å². The number of nitrogens with zero attached hydrogens (tertiary/aromatic N) is 2. The molecule has 0 aromatic rings.